The van der Waals surface area contributed by atoms with Gasteiger partial charge in [0.2, 0.25) is 5.91 Å². The van der Waals surface area contributed by atoms with Gasteiger partial charge in [0, 0.05) is 50.3 Å². The van der Waals surface area contributed by atoms with E-state index in [1.54, 1.807) is 5.38 Å². The Balaban J connectivity index is 1.11. The van der Waals surface area contributed by atoms with Crippen molar-refractivity contribution in [3.05, 3.63) is 76.8 Å². The molecular weight excluding hydrogens is 434 g/mol. The van der Waals surface area contributed by atoms with E-state index in [0.717, 1.165) is 18.7 Å². The van der Waals surface area contributed by atoms with Crippen molar-refractivity contribution >= 4 is 34.0 Å². The lowest BCUT2D eigenvalue weighted by Crippen LogP contribution is -2.52. The Kier molecular flexibility index (Phi) is 6.37. The molecule has 2 aliphatic heterocycles. The molecule has 33 heavy (non-hydrogen) atoms. The van der Waals surface area contributed by atoms with Gasteiger partial charge in [-0.25, -0.2) is 4.98 Å². The van der Waals surface area contributed by atoms with E-state index in [4.69, 9.17) is 0 Å². The van der Waals surface area contributed by atoms with Crippen LogP contribution in [0.5, 0.6) is 0 Å². The molecule has 1 saturated heterocycles. The van der Waals surface area contributed by atoms with Crippen LogP contribution in [0.2, 0.25) is 0 Å². The normalized spacial score (nSPS) is 16.4. The van der Waals surface area contributed by atoms with Crippen molar-refractivity contribution in [2.75, 3.05) is 44.6 Å². The number of hydrogen-bond acceptors (Lipinski definition) is 6. The third kappa shape index (κ3) is 5.07. The second-order valence-corrected chi connectivity index (χ2v) is 9.29. The number of hydrogen-bond donors (Lipinski definition) is 1. The molecule has 1 aromatic heterocycles. The molecule has 2 amide bonds. The number of piperazine rings is 1. The third-order valence-electron chi connectivity index (χ3n) is 6.25. The molecule has 3 heterocycles. The Morgan fingerprint density at radius 1 is 0.879 bits per heavy atom. The SMILES string of the molecule is O=C(CN1CCN(C(=O)c2csc(Nc3ccccc3)n2)CC1)N1CCc2ccccc2C1. The second kappa shape index (κ2) is 9.72. The van der Waals surface area contributed by atoms with E-state index in [1.165, 1.54) is 22.5 Å². The highest BCUT2D eigenvalue weighted by Crippen LogP contribution is 2.22. The van der Waals surface area contributed by atoms with Gasteiger partial charge in [0.1, 0.15) is 5.69 Å². The number of benzene rings is 2. The molecule has 3 aromatic rings. The summed E-state index contributed by atoms with van der Waals surface area (Å²) in [6, 6.07) is 18.1. The van der Waals surface area contributed by atoms with Crippen molar-refractivity contribution in [3.8, 4) is 0 Å². The zero-order valence-electron chi connectivity index (χ0n) is 18.4. The van der Waals surface area contributed by atoms with E-state index in [-0.39, 0.29) is 11.8 Å². The van der Waals surface area contributed by atoms with Crippen LogP contribution in [-0.2, 0) is 17.8 Å². The number of amides is 2. The van der Waals surface area contributed by atoms with Crippen LogP contribution in [-0.4, -0.2) is 70.8 Å². The number of rotatable bonds is 5. The van der Waals surface area contributed by atoms with Crippen LogP contribution in [0.1, 0.15) is 21.6 Å². The minimum atomic E-state index is -0.0500. The van der Waals surface area contributed by atoms with E-state index in [2.05, 4.69) is 33.4 Å². The maximum atomic E-state index is 12.9. The second-order valence-electron chi connectivity index (χ2n) is 8.43. The lowest BCUT2D eigenvalue weighted by molar-refractivity contribution is -0.133. The highest BCUT2D eigenvalue weighted by Gasteiger charge is 2.27. The number of carbonyl (C=O) groups is 2. The van der Waals surface area contributed by atoms with Gasteiger partial charge < -0.3 is 15.1 Å². The standard InChI is InChI=1S/C25H27N5O2S/c31-23(30-11-10-19-6-4-5-7-20(19)16-30)17-28-12-14-29(15-13-28)24(32)22-18-33-25(27-22)26-21-8-2-1-3-9-21/h1-9,18H,10-17H2,(H,26,27). The van der Waals surface area contributed by atoms with Crippen molar-refractivity contribution < 1.29 is 9.59 Å². The summed E-state index contributed by atoms with van der Waals surface area (Å²) in [6.07, 6.45) is 0.916. The molecule has 5 rings (SSSR count). The van der Waals surface area contributed by atoms with Crippen LogP contribution in [0.15, 0.2) is 60.0 Å². The molecule has 0 spiro atoms. The monoisotopic (exact) mass is 461 g/mol. The molecule has 1 N–H and O–H groups in total. The van der Waals surface area contributed by atoms with Crippen molar-refractivity contribution in [2.24, 2.45) is 0 Å². The zero-order valence-corrected chi connectivity index (χ0v) is 19.3. The van der Waals surface area contributed by atoms with E-state index in [9.17, 15) is 9.59 Å². The Morgan fingerprint density at radius 3 is 2.39 bits per heavy atom. The average molecular weight is 462 g/mol. The van der Waals surface area contributed by atoms with Gasteiger partial charge in [-0.2, -0.15) is 0 Å². The number of nitrogens with zero attached hydrogens (tertiary/aromatic N) is 4. The molecule has 0 aliphatic carbocycles. The minimum absolute atomic E-state index is 0.0500. The smallest absolute Gasteiger partial charge is 0.273 e. The van der Waals surface area contributed by atoms with E-state index < -0.39 is 0 Å². The van der Waals surface area contributed by atoms with Gasteiger partial charge in [0.05, 0.1) is 6.54 Å². The quantitative estimate of drug-likeness (QED) is 0.632. The van der Waals surface area contributed by atoms with Crippen molar-refractivity contribution in [3.63, 3.8) is 0 Å². The molecule has 0 saturated carbocycles. The van der Waals surface area contributed by atoms with E-state index in [1.807, 2.05) is 46.2 Å². The predicted octanol–water partition coefficient (Wildman–Crippen LogP) is 3.23. The molecule has 7 nitrogen and oxygen atoms in total. The highest BCUT2D eigenvalue weighted by molar-refractivity contribution is 7.14. The molecule has 0 bridgehead atoms. The van der Waals surface area contributed by atoms with Gasteiger partial charge in [-0.3, -0.25) is 14.5 Å². The Hall–Kier alpha value is -3.23. The van der Waals surface area contributed by atoms with Gasteiger partial charge in [-0.15, -0.1) is 11.3 Å². The van der Waals surface area contributed by atoms with Crippen molar-refractivity contribution in [2.45, 2.75) is 13.0 Å². The number of carbonyl (C=O) groups excluding carboxylic acids is 2. The maximum absolute atomic E-state index is 12.9. The molecule has 0 atom stereocenters. The van der Waals surface area contributed by atoms with Crippen LogP contribution in [0, 0.1) is 0 Å². The summed E-state index contributed by atoms with van der Waals surface area (Å²) >= 11 is 1.43. The van der Waals surface area contributed by atoms with Gasteiger partial charge in [-0.05, 0) is 29.7 Å². The summed E-state index contributed by atoms with van der Waals surface area (Å²) in [7, 11) is 0. The Labute approximate surface area is 197 Å². The first-order valence-electron chi connectivity index (χ1n) is 11.3. The number of anilines is 2. The number of aromatic nitrogens is 1. The summed E-state index contributed by atoms with van der Waals surface area (Å²) < 4.78 is 0. The molecule has 170 valence electrons. The molecule has 8 heteroatoms. The number of thiazole rings is 1. The number of fused-ring (bicyclic) bond motifs is 1. The summed E-state index contributed by atoms with van der Waals surface area (Å²) in [4.78, 5) is 36.2. The van der Waals surface area contributed by atoms with Crippen LogP contribution >= 0.6 is 11.3 Å². The first kappa shape index (κ1) is 21.6. The first-order valence-corrected chi connectivity index (χ1v) is 12.2. The van der Waals surface area contributed by atoms with Crippen LogP contribution in [0.3, 0.4) is 0 Å². The lowest BCUT2D eigenvalue weighted by Gasteiger charge is -2.36. The van der Waals surface area contributed by atoms with Gasteiger partial charge >= 0.3 is 0 Å². The topological polar surface area (TPSA) is 68.8 Å². The zero-order chi connectivity index (χ0) is 22.6. The predicted molar refractivity (Wildman–Crippen MR) is 130 cm³/mol. The fourth-order valence-corrected chi connectivity index (χ4v) is 5.05. The fraction of sp³-hybridized carbons (Fsp3) is 0.320. The molecule has 1 fully saturated rings. The van der Waals surface area contributed by atoms with Gasteiger partial charge in [0.15, 0.2) is 5.13 Å². The molecular formula is C25H27N5O2S. The summed E-state index contributed by atoms with van der Waals surface area (Å²) in [5, 5.41) is 5.74. The number of para-hydroxylation sites is 1. The van der Waals surface area contributed by atoms with Crippen LogP contribution in [0.4, 0.5) is 10.8 Å². The lowest BCUT2D eigenvalue weighted by atomic mass is 10.00. The average Bonchev–Trinajstić information content (AvgIpc) is 3.33. The largest absolute Gasteiger partial charge is 0.337 e. The molecule has 0 unspecified atom stereocenters. The van der Waals surface area contributed by atoms with Crippen molar-refractivity contribution in [1.82, 2.24) is 19.7 Å². The van der Waals surface area contributed by atoms with Crippen molar-refractivity contribution in [1.29, 1.82) is 0 Å². The summed E-state index contributed by atoms with van der Waals surface area (Å²) in [5.74, 6) is 0.117. The van der Waals surface area contributed by atoms with Crippen LogP contribution < -0.4 is 5.32 Å². The molecule has 2 aromatic carbocycles. The summed E-state index contributed by atoms with van der Waals surface area (Å²) in [6.45, 7) is 4.48. The molecule has 2 aliphatic rings. The summed E-state index contributed by atoms with van der Waals surface area (Å²) in [5.41, 5.74) is 4.01. The van der Waals surface area contributed by atoms with E-state index >= 15 is 0 Å². The maximum Gasteiger partial charge on any atom is 0.273 e. The number of nitrogens with one attached hydrogen (secondary N) is 1. The first-order chi connectivity index (χ1) is 16.2. The Bertz CT molecular complexity index is 1120. The van der Waals surface area contributed by atoms with Gasteiger partial charge in [-0.1, -0.05) is 42.5 Å². The minimum Gasteiger partial charge on any atom is -0.337 e. The third-order valence-corrected chi connectivity index (χ3v) is 7.01. The van der Waals surface area contributed by atoms with E-state index in [0.29, 0.717) is 50.1 Å². The highest BCUT2D eigenvalue weighted by atomic mass is 32.1. The van der Waals surface area contributed by atoms with Crippen LogP contribution in [0.25, 0.3) is 0 Å². The Morgan fingerprint density at radius 2 is 1.61 bits per heavy atom. The van der Waals surface area contributed by atoms with Gasteiger partial charge in [0.25, 0.3) is 5.91 Å². The fourth-order valence-electron chi connectivity index (χ4n) is 4.35. The molecule has 0 radical (unpaired) electrons.